The number of aryl methyl sites for hydroxylation is 2. The lowest BCUT2D eigenvalue weighted by Gasteiger charge is -2.09. The molecule has 25 heavy (non-hydrogen) atoms. The van der Waals surface area contributed by atoms with E-state index in [4.69, 9.17) is 0 Å². The Bertz CT molecular complexity index is 1070. The smallest absolute Gasteiger partial charge is 0.252 e. The molecule has 0 aliphatic heterocycles. The van der Waals surface area contributed by atoms with Crippen LogP contribution in [0.5, 0.6) is 0 Å². The van der Waals surface area contributed by atoms with E-state index in [-0.39, 0.29) is 17.0 Å². The fourth-order valence-electron chi connectivity index (χ4n) is 2.72. The van der Waals surface area contributed by atoms with Gasteiger partial charge in [-0.05, 0) is 48.1 Å². The number of nitrogens with one attached hydrogen (secondary N) is 2. The molecule has 0 spiro atoms. The zero-order valence-electron chi connectivity index (χ0n) is 14.2. The van der Waals surface area contributed by atoms with E-state index in [2.05, 4.69) is 9.71 Å². The molecule has 1 aromatic heterocycles. The van der Waals surface area contributed by atoms with Gasteiger partial charge in [-0.15, -0.1) is 0 Å². The molecule has 3 rings (SSSR count). The first-order valence-corrected chi connectivity index (χ1v) is 9.59. The van der Waals surface area contributed by atoms with E-state index in [9.17, 15) is 13.2 Å². The van der Waals surface area contributed by atoms with Gasteiger partial charge < -0.3 is 4.98 Å². The maximum absolute atomic E-state index is 12.4. The molecule has 0 amide bonds. The van der Waals surface area contributed by atoms with Crippen molar-refractivity contribution >= 4 is 20.9 Å². The van der Waals surface area contributed by atoms with Crippen molar-refractivity contribution in [3.63, 3.8) is 0 Å². The topological polar surface area (TPSA) is 79.0 Å². The number of aromatic amines is 1. The minimum atomic E-state index is -3.66. The second-order valence-electron chi connectivity index (χ2n) is 5.98. The number of aromatic nitrogens is 1. The van der Waals surface area contributed by atoms with Gasteiger partial charge in [0.05, 0.1) is 10.4 Å². The molecule has 130 valence electrons. The summed E-state index contributed by atoms with van der Waals surface area (Å²) < 4.78 is 27.3. The minimum absolute atomic E-state index is 0.0585. The summed E-state index contributed by atoms with van der Waals surface area (Å²) in [5, 5.41) is 0.876. The van der Waals surface area contributed by atoms with Crippen molar-refractivity contribution in [1.29, 1.82) is 0 Å². The van der Waals surface area contributed by atoms with Crippen LogP contribution in [0.3, 0.4) is 0 Å². The Morgan fingerprint density at radius 2 is 1.80 bits per heavy atom. The Morgan fingerprint density at radius 3 is 2.48 bits per heavy atom. The van der Waals surface area contributed by atoms with E-state index < -0.39 is 10.0 Å². The molecule has 1 heterocycles. The first-order valence-electron chi connectivity index (χ1n) is 8.11. The number of fused-ring (bicyclic) bond motifs is 1. The van der Waals surface area contributed by atoms with Gasteiger partial charge in [0, 0.05) is 12.1 Å². The van der Waals surface area contributed by atoms with Crippen LogP contribution in [0, 0.1) is 6.92 Å². The summed E-state index contributed by atoms with van der Waals surface area (Å²) in [6.07, 6.45) is 0.847. The number of pyridine rings is 1. The highest BCUT2D eigenvalue weighted by atomic mass is 32.2. The fraction of sp³-hybridized carbons (Fsp3) is 0.211. The number of rotatable bonds is 5. The molecule has 0 radical (unpaired) electrons. The zero-order valence-corrected chi connectivity index (χ0v) is 15.0. The van der Waals surface area contributed by atoms with Gasteiger partial charge in [0.15, 0.2) is 0 Å². The number of sulfonamides is 1. The number of hydrogen-bond acceptors (Lipinski definition) is 3. The van der Waals surface area contributed by atoms with Gasteiger partial charge in [0.2, 0.25) is 10.0 Å². The van der Waals surface area contributed by atoms with Gasteiger partial charge >= 0.3 is 0 Å². The van der Waals surface area contributed by atoms with Crippen LogP contribution in [-0.4, -0.2) is 13.4 Å². The van der Waals surface area contributed by atoms with E-state index in [0.717, 1.165) is 28.5 Å². The first kappa shape index (κ1) is 17.4. The number of benzene rings is 2. The Labute approximate surface area is 146 Å². The number of hydrogen-bond donors (Lipinski definition) is 2. The molecule has 2 N–H and O–H groups in total. The lowest BCUT2D eigenvalue weighted by molar-refractivity contribution is 0.581. The summed E-state index contributed by atoms with van der Waals surface area (Å²) in [6.45, 7) is 3.87. The van der Waals surface area contributed by atoms with Crippen molar-refractivity contribution in [1.82, 2.24) is 9.71 Å². The maximum Gasteiger partial charge on any atom is 0.252 e. The molecule has 0 aliphatic carbocycles. The van der Waals surface area contributed by atoms with Crippen LogP contribution in [0.2, 0.25) is 0 Å². The van der Waals surface area contributed by atoms with Crippen LogP contribution in [0.1, 0.15) is 23.6 Å². The van der Waals surface area contributed by atoms with Crippen LogP contribution in [0.25, 0.3) is 10.9 Å². The summed E-state index contributed by atoms with van der Waals surface area (Å²) in [7, 11) is -3.66. The molecule has 0 saturated heterocycles. The van der Waals surface area contributed by atoms with E-state index in [1.54, 1.807) is 30.3 Å². The quantitative estimate of drug-likeness (QED) is 0.738. The van der Waals surface area contributed by atoms with Crippen molar-refractivity contribution in [2.24, 2.45) is 0 Å². The molecule has 0 saturated carbocycles. The molecule has 2 aromatic carbocycles. The van der Waals surface area contributed by atoms with Gasteiger partial charge in [0.25, 0.3) is 5.56 Å². The lowest BCUT2D eigenvalue weighted by atomic mass is 10.1. The van der Waals surface area contributed by atoms with Crippen LogP contribution < -0.4 is 10.3 Å². The zero-order chi connectivity index (χ0) is 18.0. The highest BCUT2D eigenvalue weighted by Crippen LogP contribution is 2.16. The van der Waals surface area contributed by atoms with Crippen molar-refractivity contribution < 1.29 is 8.42 Å². The molecule has 0 aliphatic rings. The number of H-pyrrole nitrogens is 1. The predicted molar refractivity (Wildman–Crippen MR) is 99.2 cm³/mol. The normalized spacial score (nSPS) is 11.8. The summed E-state index contributed by atoms with van der Waals surface area (Å²) in [5.41, 5.74) is 2.91. The van der Waals surface area contributed by atoms with Crippen molar-refractivity contribution in [2.45, 2.75) is 31.7 Å². The third kappa shape index (κ3) is 3.65. The van der Waals surface area contributed by atoms with Gasteiger partial charge in [-0.2, -0.15) is 0 Å². The third-order valence-corrected chi connectivity index (χ3v) is 5.68. The lowest BCUT2D eigenvalue weighted by Crippen LogP contribution is -2.27. The SMILES string of the molecule is CCc1ccc(S(=O)(=O)NCc2cc3cccc(C)c3[nH]c2=O)cc1. The molecule has 0 atom stereocenters. The van der Waals surface area contributed by atoms with Crippen molar-refractivity contribution in [2.75, 3.05) is 0 Å². The molecular weight excluding hydrogens is 336 g/mol. The highest BCUT2D eigenvalue weighted by molar-refractivity contribution is 7.89. The third-order valence-electron chi connectivity index (χ3n) is 4.26. The molecule has 0 unspecified atom stereocenters. The van der Waals surface area contributed by atoms with Crippen molar-refractivity contribution in [3.8, 4) is 0 Å². The second-order valence-corrected chi connectivity index (χ2v) is 7.75. The summed E-state index contributed by atoms with van der Waals surface area (Å²) in [6, 6.07) is 14.2. The van der Waals surface area contributed by atoms with E-state index in [0.29, 0.717) is 5.56 Å². The summed E-state index contributed by atoms with van der Waals surface area (Å²) >= 11 is 0. The van der Waals surface area contributed by atoms with Gasteiger partial charge in [0.1, 0.15) is 0 Å². The molecule has 0 fully saturated rings. The van der Waals surface area contributed by atoms with Crippen LogP contribution in [0.4, 0.5) is 0 Å². The van der Waals surface area contributed by atoms with Crippen LogP contribution in [0.15, 0.2) is 58.2 Å². The summed E-state index contributed by atoms with van der Waals surface area (Å²) in [5.74, 6) is 0. The number of para-hydroxylation sites is 1. The van der Waals surface area contributed by atoms with Crippen LogP contribution >= 0.6 is 0 Å². The standard InChI is InChI=1S/C19H20N2O3S/c1-3-14-7-9-17(10-8-14)25(23,24)20-12-16-11-15-6-4-5-13(2)18(15)21-19(16)22/h4-11,20H,3,12H2,1-2H3,(H,21,22). The molecule has 3 aromatic rings. The van der Waals surface area contributed by atoms with Gasteiger partial charge in [-0.3, -0.25) is 4.79 Å². The first-order chi connectivity index (χ1) is 11.9. The van der Waals surface area contributed by atoms with E-state index in [1.807, 2.05) is 32.0 Å². The van der Waals surface area contributed by atoms with E-state index >= 15 is 0 Å². The maximum atomic E-state index is 12.4. The van der Waals surface area contributed by atoms with Gasteiger partial charge in [-0.1, -0.05) is 37.3 Å². The second kappa shape index (κ2) is 6.82. The van der Waals surface area contributed by atoms with Crippen molar-refractivity contribution in [3.05, 3.63) is 75.6 Å². The predicted octanol–water partition coefficient (Wildman–Crippen LogP) is 2.88. The molecule has 6 heteroatoms. The molecule has 5 nitrogen and oxygen atoms in total. The average Bonchev–Trinajstić information content (AvgIpc) is 2.61. The van der Waals surface area contributed by atoms with E-state index in [1.165, 1.54) is 0 Å². The molecular formula is C19H20N2O3S. The average molecular weight is 356 g/mol. The molecule has 0 bridgehead atoms. The Balaban J connectivity index is 1.86. The Hall–Kier alpha value is -2.44. The minimum Gasteiger partial charge on any atom is -0.321 e. The monoisotopic (exact) mass is 356 g/mol. The highest BCUT2D eigenvalue weighted by Gasteiger charge is 2.15. The van der Waals surface area contributed by atoms with Crippen LogP contribution in [-0.2, 0) is 23.0 Å². The fourth-order valence-corrected chi connectivity index (χ4v) is 3.73. The van der Waals surface area contributed by atoms with Gasteiger partial charge in [-0.25, -0.2) is 13.1 Å². The largest absolute Gasteiger partial charge is 0.321 e. The summed E-state index contributed by atoms with van der Waals surface area (Å²) in [4.78, 5) is 15.3. The Kier molecular flexibility index (Phi) is 4.74. The Morgan fingerprint density at radius 1 is 1.08 bits per heavy atom.